The highest BCUT2D eigenvalue weighted by Crippen LogP contribution is 2.16. The van der Waals surface area contributed by atoms with Gasteiger partial charge in [0.05, 0.1) is 10.9 Å². The van der Waals surface area contributed by atoms with Crippen LogP contribution >= 0.6 is 11.8 Å². The van der Waals surface area contributed by atoms with Gasteiger partial charge in [0.15, 0.2) is 0 Å². The number of hydrogen-bond donors (Lipinski definition) is 2. The summed E-state index contributed by atoms with van der Waals surface area (Å²) in [4.78, 5) is 19.3. The molecule has 2 N–H and O–H groups in total. The molecule has 2 heterocycles. The molecule has 0 unspecified atom stereocenters. The van der Waals surface area contributed by atoms with Crippen molar-refractivity contribution in [1.82, 2.24) is 15.3 Å². The van der Waals surface area contributed by atoms with Gasteiger partial charge in [0.1, 0.15) is 5.82 Å². The molecule has 19 heavy (non-hydrogen) atoms. The Morgan fingerprint density at radius 1 is 1.42 bits per heavy atom. The van der Waals surface area contributed by atoms with Crippen molar-refractivity contribution in [1.29, 1.82) is 0 Å². The van der Waals surface area contributed by atoms with Crippen molar-refractivity contribution >= 4 is 22.7 Å². The second kappa shape index (κ2) is 5.75. The monoisotopic (exact) mass is 275 g/mol. The van der Waals surface area contributed by atoms with Crippen LogP contribution in [-0.4, -0.2) is 34.1 Å². The quantitative estimate of drug-likeness (QED) is 0.889. The summed E-state index contributed by atoms with van der Waals surface area (Å²) < 4.78 is 0. The van der Waals surface area contributed by atoms with E-state index >= 15 is 0 Å². The van der Waals surface area contributed by atoms with Crippen LogP contribution in [0.2, 0.25) is 0 Å². The zero-order valence-corrected chi connectivity index (χ0v) is 11.5. The van der Waals surface area contributed by atoms with Crippen molar-refractivity contribution in [2.45, 2.75) is 18.9 Å². The number of benzene rings is 1. The molecule has 1 atom stereocenters. The largest absolute Gasteiger partial charge is 0.313 e. The first kappa shape index (κ1) is 12.7. The number of nitrogens with zero attached hydrogens (tertiary/aromatic N) is 1. The molecule has 1 aromatic heterocycles. The van der Waals surface area contributed by atoms with Crippen molar-refractivity contribution < 1.29 is 0 Å². The molecule has 1 aliphatic heterocycles. The van der Waals surface area contributed by atoms with E-state index in [4.69, 9.17) is 0 Å². The van der Waals surface area contributed by atoms with E-state index in [0.29, 0.717) is 11.4 Å². The van der Waals surface area contributed by atoms with Crippen molar-refractivity contribution in [2.75, 3.05) is 18.1 Å². The highest BCUT2D eigenvalue weighted by atomic mass is 32.2. The predicted molar refractivity (Wildman–Crippen MR) is 79.8 cm³/mol. The summed E-state index contributed by atoms with van der Waals surface area (Å²) in [7, 11) is 0. The lowest BCUT2D eigenvalue weighted by Crippen LogP contribution is -2.31. The van der Waals surface area contributed by atoms with Crippen molar-refractivity contribution in [3.63, 3.8) is 0 Å². The third-order valence-electron chi connectivity index (χ3n) is 3.39. The Bertz CT molecular complexity index is 619. The lowest BCUT2D eigenvalue weighted by atomic mass is 10.2. The molecule has 2 aromatic rings. The van der Waals surface area contributed by atoms with E-state index in [0.717, 1.165) is 24.3 Å². The third kappa shape index (κ3) is 2.98. The zero-order valence-electron chi connectivity index (χ0n) is 10.7. The molecule has 0 bridgehead atoms. The minimum atomic E-state index is -0.0444. The molecule has 1 saturated heterocycles. The first-order valence-electron chi connectivity index (χ1n) is 6.62. The fraction of sp³-hybridized carbons (Fsp3) is 0.429. The zero-order chi connectivity index (χ0) is 13.1. The van der Waals surface area contributed by atoms with Gasteiger partial charge in [-0.2, -0.15) is 11.8 Å². The fourth-order valence-electron chi connectivity index (χ4n) is 2.34. The SMILES string of the molecule is O=c1[nH]c(CCN[C@@H]2CCSC2)nc2ccccc12. The van der Waals surface area contributed by atoms with Crippen LogP contribution in [0, 0.1) is 0 Å². The van der Waals surface area contributed by atoms with Gasteiger partial charge in [-0.3, -0.25) is 4.79 Å². The minimum absolute atomic E-state index is 0.0444. The standard InChI is InChI=1S/C14H17N3OS/c18-14-11-3-1-2-4-12(11)16-13(17-14)5-7-15-10-6-8-19-9-10/h1-4,10,15H,5-9H2,(H,16,17,18)/t10-/m1/s1. The molecule has 100 valence electrons. The summed E-state index contributed by atoms with van der Waals surface area (Å²) in [5.41, 5.74) is 0.731. The highest BCUT2D eigenvalue weighted by Gasteiger charge is 2.14. The van der Waals surface area contributed by atoms with Crippen LogP contribution in [0.4, 0.5) is 0 Å². The molecular formula is C14H17N3OS. The summed E-state index contributed by atoms with van der Waals surface area (Å²) in [5.74, 6) is 3.21. The van der Waals surface area contributed by atoms with Gasteiger partial charge in [-0.05, 0) is 24.3 Å². The number of nitrogens with one attached hydrogen (secondary N) is 2. The van der Waals surface area contributed by atoms with Gasteiger partial charge in [0.2, 0.25) is 0 Å². The average molecular weight is 275 g/mol. The number of thioether (sulfide) groups is 1. The Morgan fingerprint density at radius 3 is 3.16 bits per heavy atom. The number of rotatable bonds is 4. The van der Waals surface area contributed by atoms with Crippen LogP contribution in [0.1, 0.15) is 12.2 Å². The molecule has 3 rings (SSSR count). The Labute approximate surface area is 116 Å². The van der Waals surface area contributed by atoms with Crippen molar-refractivity contribution in [2.24, 2.45) is 0 Å². The smallest absolute Gasteiger partial charge is 0.258 e. The van der Waals surface area contributed by atoms with E-state index in [-0.39, 0.29) is 5.56 Å². The molecule has 1 aliphatic rings. The average Bonchev–Trinajstić information content (AvgIpc) is 2.92. The van der Waals surface area contributed by atoms with E-state index in [1.54, 1.807) is 6.07 Å². The lowest BCUT2D eigenvalue weighted by molar-refractivity contribution is 0.555. The maximum Gasteiger partial charge on any atom is 0.258 e. The van der Waals surface area contributed by atoms with Crippen molar-refractivity contribution in [3.8, 4) is 0 Å². The first-order chi connectivity index (χ1) is 9.33. The summed E-state index contributed by atoms with van der Waals surface area (Å²) in [6.45, 7) is 0.868. The van der Waals surface area contributed by atoms with Gasteiger partial charge in [0, 0.05) is 24.8 Å². The summed E-state index contributed by atoms with van der Waals surface area (Å²) in [6, 6.07) is 8.08. The number of fused-ring (bicyclic) bond motifs is 1. The molecular weight excluding hydrogens is 258 g/mol. The Morgan fingerprint density at radius 2 is 2.32 bits per heavy atom. The van der Waals surface area contributed by atoms with Crippen LogP contribution in [0.5, 0.6) is 0 Å². The van der Waals surface area contributed by atoms with E-state index in [1.807, 2.05) is 30.0 Å². The normalized spacial score (nSPS) is 19.1. The second-order valence-electron chi connectivity index (χ2n) is 4.79. The second-order valence-corrected chi connectivity index (χ2v) is 5.94. The van der Waals surface area contributed by atoms with E-state index in [9.17, 15) is 4.79 Å². The summed E-state index contributed by atoms with van der Waals surface area (Å²) >= 11 is 2.00. The Kier molecular flexibility index (Phi) is 3.84. The molecule has 4 nitrogen and oxygen atoms in total. The number of aromatic amines is 1. The van der Waals surface area contributed by atoms with Gasteiger partial charge >= 0.3 is 0 Å². The van der Waals surface area contributed by atoms with E-state index < -0.39 is 0 Å². The van der Waals surface area contributed by atoms with Crippen LogP contribution < -0.4 is 10.9 Å². The maximum atomic E-state index is 11.9. The van der Waals surface area contributed by atoms with Crippen LogP contribution in [0.15, 0.2) is 29.1 Å². The maximum absolute atomic E-state index is 11.9. The fourth-order valence-corrected chi connectivity index (χ4v) is 3.53. The molecule has 1 aromatic carbocycles. The molecule has 0 saturated carbocycles. The number of aromatic nitrogens is 2. The Hall–Kier alpha value is -1.33. The molecule has 0 aliphatic carbocycles. The van der Waals surface area contributed by atoms with Crippen molar-refractivity contribution in [3.05, 3.63) is 40.4 Å². The summed E-state index contributed by atoms with van der Waals surface area (Å²) in [6.07, 6.45) is 2.01. The topological polar surface area (TPSA) is 57.8 Å². The third-order valence-corrected chi connectivity index (χ3v) is 4.55. The number of para-hydroxylation sites is 1. The lowest BCUT2D eigenvalue weighted by Gasteiger charge is -2.10. The predicted octanol–water partition coefficient (Wildman–Crippen LogP) is 1.56. The van der Waals surface area contributed by atoms with Crippen LogP contribution in [0.25, 0.3) is 10.9 Å². The molecule has 0 radical (unpaired) electrons. The molecule has 5 heteroatoms. The number of H-pyrrole nitrogens is 1. The van der Waals surface area contributed by atoms with Crippen LogP contribution in [-0.2, 0) is 6.42 Å². The highest BCUT2D eigenvalue weighted by molar-refractivity contribution is 7.99. The number of hydrogen-bond acceptors (Lipinski definition) is 4. The van der Waals surface area contributed by atoms with Gasteiger partial charge in [-0.25, -0.2) is 4.98 Å². The summed E-state index contributed by atoms with van der Waals surface area (Å²) in [5, 5.41) is 4.17. The van der Waals surface area contributed by atoms with Gasteiger partial charge < -0.3 is 10.3 Å². The molecule has 1 fully saturated rings. The van der Waals surface area contributed by atoms with Gasteiger partial charge in [-0.15, -0.1) is 0 Å². The van der Waals surface area contributed by atoms with E-state index in [1.165, 1.54) is 17.9 Å². The van der Waals surface area contributed by atoms with E-state index in [2.05, 4.69) is 15.3 Å². The van der Waals surface area contributed by atoms with Crippen LogP contribution in [0.3, 0.4) is 0 Å². The molecule has 0 amide bonds. The Balaban J connectivity index is 1.69. The van der Waals surface area contributed by atoms with Gasteiger partial charge in [0.25, 0.3) is 5.56 Å². The first-order valence-corrected chi connectivity index (χ1v) is 7.77. The minimum Gasteiger partial charge on any atom is -0.313 e. The van der Waals surface area contributed by atoms with Gasteiger partial charge in [-0.1, -0.05) is 12.1 Å². The molecule has 0 spiro atoms.